The van der Waals surface area contributed by atoms with Crippen LogP contribution in [0.25, 0.3) is 0 Å². The molecule has 1 amide bonds. The van der Waals surface area contributed by atoms with Gasteiger partial charge in [0.1, 0.15) is 4.88 Å². The summed E-state index contributed by atoms with van der Waals surface area (Å²) in [5.74, 6) is 6.43. The zero-order valence-electron chi connectivity index (χ0n) is 25.5. The standard InChI is InChI=1S/C33H45N3O4S/c1-22-9-11-25(12-10-22)31(37)36(28-21-26(13-16-33(4,5)6)41-29(28)32(38)39)23(2)15-20-40-30-24(3)27(14-17-34-30)35-18-7-8-19-35/h14,17,21-23,25H,7-12,15,18-20H2,1-6H3,(H,38,39)/t22?,23-,25?/m0/s1. The van der Waals surface area contributed by atoms with Gasteiger partial charge in [-0.2, -0.15) is 0 Å². The summed E-state index contributed by atoms with van der Waals surface area (Å²) in [5.41, 5.74) is 2.42. The number of rotatable bonds is 9. The Kier molecular flexibility index (Phi) is 10.0. The number of hydrogen-bond acceptors (Lipinski definition) is 6. The van der Waals surface area contributed by atoms with E-state index < -0.39 is 5.97 Å². The largest absolute Gasteiger partial charge is 0.477 e. The van der Waals surface area contributed by atoms with Crippen LogP contribution < -0.4 is 14.5 Å². The molecular weight excluding hydrogens is 534 g/mol. The van der Waals surface area contributed by atoms with Gasteiger partial charge in [0, 0.05) is 54.3 Å². The topological polar surface area (TPSA) is 83.0 Å². The first-order valence-electron chi connectivity index (χ1n) is 15.0. The van der Waals surface area contributed by atoms with E-state index in [0.29, 0.717) is 35.4 Å². The van der Waals surface area contributed by atoms with Crippen LogP contribution in [0.1, 0.15) is 99.7 Å². The molecule has 0 bridgehead atoms. The Bertz CT molecular complexity index is 1290. The van der Waals surface area contributed by atoms with Crippen molar-refractivity contribution >= 4 is 34.6 Å². The number of nitrogens with zero attached hydrogens (tertiary/aromatic N) is 3. The van der Waals surface area contributed by atoms with E-state index in [2.05, 4.69) is 28.6 Å². The lowest BCUT2D eigenvalue weighted by atomic mass is 9.82. The molecule has 4 rings (SSSR count). The van der Waals surface area contributed by atoms with E-state index in [9.17, 15) is 14.7 Å². The molecule has 222 valence electrons. The molecule has 1 saturated carbocycles. The molecule has 2 aliphatic rings. The van der Waals surface area contributed by atoms with Crippen molar-refractivity contribution in [1.29, 1.82) is 0 Å². The molecule has 1 aliphatic carbocycles. The van der Waals surface area contributed by atoms with E-state index in [1.54, 1.807) is 17.2 Å². The molecule has 0 unspecified atom stereocenters. The summed E-state index contributed by atoms with van der Waals surface area (Å²) in [6.07, 6.45) is 8.42. The van der Waals surface area contributed by atoms with Crippen molar-refractivity contribution in [3.05, 3.63) is 33.6 Å². The number of carboxylic acid groups (broad SMARTS) is 1. The van der Waals surface area contributed by atoms with Crippen LogP contribution in [0.3, 0.4) is 0 Å². The molecule has 41 heavy (non-hydrogen) atoms. The highest BCUT2D eigenvalue weighted by molar-refractivity contribution is 7.15. The van der Waals surface area contributed by atoms with Crippen LogP contribution in [0.15, 0.2) is 18.3 Å². The summed E-state index contributed by atoms with van der Waals surface area (Å²) in [6.45, 7) is 14.8. The second kappa shape index (κ2) is 13.3. The van der Waals surface area contributed by atoms with Crippen LogP contribution in [0.5, 0.6) is 5.88 Å². The van der Waals surface area contributed by atoms with Crippen molar-refractivity contribution < 1.29 is 19.4 Å². The number of carbonyl (C=O) groups excluding carboxylic acids is 1. The normalized spacial score (nSPS) is 19.8. The molecule has 2 aromatic heterocycles. The first-order valence-corrected chi connectivity index (χ1v) is 15.8. The molecule has 3 heterocycles. The minimum atomic E-state index is -1.04. The summed E-state index contributed by atoms with van der Waals surface area (Å²) < 4.78 is 6.18. The molecule has 0 spiro atoms. The average Bonchev–Trinajstić information content (AvgIpc) is 3.59. The van der Waals surface area contributed by atoms with Gasteiger partial charge in [-0.1, -0.05) is 18.8 Å². The SMILES string of the molecule is Cc1c(N2CCCC2)ccnc1OCC[C@H](C)N(C(=O)C1CCC(C)CC1)c1cc(C#CC(C)(C)C)sc1C(=O)O. The quantitative estimate of drug-likeness (QED) is 0.317. The second-order valence-corrected chi connectivity index (χ2v) is 13.8. The van der Waals surface area contributed by atoms with Gasteiger partial charge >= 0.3 is 5.97 Å². The average molecular weight is 580 g/mol. The molecule has 7 nitrogen and oxygen atoms in total. The minimum absolute atomic E-state index is 0.00497. The fourth-order valence-electron chi connectivity index (χ4n) is 5.71. The van der Waals surface area contributed by atoms with Gasteiger partial charge in [-0.15, -0.1) is 11.3 Å². The predicted molar refractivity (Wildman–Crippen MR) is 166 cm³/mol. The van der Waals surface area contributed by atoms with E-state index in [4.69, 9.17) is 4.74 Å². The fraction of sp³-hybridized carbons (Fsp3) is 0.606. The van der Waals surface area contributed by atoms with E-state index in [1.165, 1.54) is 12.8 Å². The lowest BCUT2D eigenvalue weighted by Gasteiger charge is -2.34. The number of anilines is 2. The summed E-state index contributed by atoms with van der Waals surface area (Å²) in [5, 5.41) is 10.1. The Balaban J connectivity index is 1.57. The number of aromatic nitrogens is 1. The van der Waals surface area contributed by atoms with Crippen LogP contribution in [-0.4, -0.2) is 47.7 Å². The van der Waals surface area contributed by atoms with E-state index >= 15 is 0 Å². The molecule has 0 radical (unpaired) electrons. The highest BCUT2D eigenvalue weighted by Crippen LogP contribution is 2.37. The van der Waals surface area contributed by atoms with Crippen LogP contribution in [0, 0.1) is 36.0 Å². The number of amides is 1. The van der Waals surface area contributed by atoms with Crippen molar-refractivity contribution in [2.24, 2.45) is 17.3 Å². The monoisotopic (exact) mass is 579 g/mol. The highest BCUT2D eigenvalue weighted by Gasteiger charge is 2.34. The van der Waals surface area contributed by atoms with Gasteiger partial charge in [-0.25, -0.2) is 9.78 Å². The van der Waals surface area contributed by atoms with Gasteiger partial charge in [-0.05, 0) is 91.2 Å². The fourth-order valence-corrected chi connectivity index (χ4v) is 6.55. The van der Waals surface area contributed by atoms with Crippen LogP contribution in [0.4, 0.5) is 11.4 Å². The zero-order valence-corrected chi connectivity index (χ0v) is 26.3. The molecule has 1 atom stereocenters. The predicted octanol–water partition coefficient (Wildman–Crippen LogP) is 7.16. The van der Waals surface area contributed by atoms with Gasteiger partial charge in [0.25, 0.3) is 0 Å². The Morgan fingerprint density at radius 3 is 2.54 bits per heavy atom. The van der Waals surface area contributed by atoms with Crippen LogP contribution >= 0.6 is 11.3 Å². The number of pyridine rings is 1. The molecule has 2 aromatic rings. The van der Waals surface area contributed by atoms with E-state index in [0.717, 1.165) is 61.4 Å². The van der Waals surface area contributed by atoms with Gasteiger partial charge in [0.15, 0.2) is 0 Å². The zero-order chi connectivity index (χ0) is 29.7. The molecular formula is C33H45N3O4S. The number of ether oxygens (including phenoxy) is 1. The van der Waals surface area contributed by atoms with Crippen LogP contribution in [-0.2, 0) is 4.79 Å². The number of carboxylic acids is 1. The number of aromatic carboxylic acids is 1. The summed E-state index contributed by atoms with van der Waals surface area (Å²) in [4.78, 5) is 35.8. The Morgan fingerprint density at radius 1 is 1.22 bits per heavy atom. The van der Waals surface area contributed by atoms with Crippen molar-refractivity contribution in [1.82, 2.24) is 4.98 Å². The van der Waals surface area contributed by atoms with Crippen molar-refractivity contribution in [3.63, 3.8) is 0 Å². The molecule has 2 fully saturated rings. The first-order chi connectivity index (χ1) is 19.4. The van der Waals surface area contributed by atoms with Gasteiger partial charge in [0.05, 0.1) is 17.2 Å². The maximum absolute atomic E-state index is 14.1. The molecule has 0 aromatic carbocycles. The molecule has 8 heteroatoms. The van der Waals surface area contributed by atoms with E-state index in [1.807, 2.05) is 40.7 Å². The maximum Gasteiger partial charge on any atom is 0.348 e. The van der Waals surface area contributed by atoms with Crippen molar-refractivity contribution in [3.8, 4) is 17.7 Å². The van der Waals surface area contributed by atoms with Crippen molar-refractivity contribution in [2.45, 2.75) is 92.5 Å². The van der Waals surface area contributed by atoms with Gasteiger partial charge in [0.2, 0.25) is 11.8 Å². The summed E-state index contributed by atoms with van der Waals surface area (Å²) >= 11 is 1.14. The Labute approximate surface area is 249 Å². The third-order valence-electron chi connectivity index (χ3n) is 8.12. The number of hydrogen-bond donors (Lipinski definition) is 1. The Hall–Kier alpha value is -3.05. The lowest BCUT2D eigenvalue weighted by molar-refractivity contribution is -0.124. The second-order valence-electron chi connectivity index (χ2n) is 12.7. The highest BCUT2D eigenvalue weighted by atomic mass is 32.1. The van der Waals surface area contributed by atoms with Gasteiger partial charge in [-0.3, -0.25) is 4.79 Å². The van der Waals surface area contributed by atoms with E-state index in [-0.39, 0.29) is 28.2 Å². The third-order valence-corrected chi connectivity index (χ3v) is 9.15. The molecule has 1 saturated heterocycles. The van der Waals surface area contributed by atoms with Crippen LogP contribution in [0.2, 0.25) is 0 Å². The van der Waals surface area contributed by atoms with Crippen molar-refractivity contribution in [2.75, 3.05) is 29.5 Å². The summed E-state index contributed by atoms with van der Waals surface area (Å²) in [7, 11) is 0. The number of thiophene rings is 1. The maximum atomic E-state index is 14.1. The smallest absolute Gasteiger partial charge is 0.348 e. The summed E-state index contributed by atoms with van der Waals surface area (Å²) in [6, 6.07) is 3.57. The molecule has 1 N–H and O–H groups in total. The van der Waals surface area contributed by atoms with Gasteiger partial charge < -0.3 is 19.6 Å². The first kappa shape index (κ1) is 30.9. The Morgan fingerprint density at radius 2 is 1.90 bits per heavy atom. The third kappa shape index (κ3) is 7.82. The minimum Gasteiger partial charge on any atom is -0.477 e. The number of carbonyl (C=O) groups is 2. The molecule has 1 aliphatic heterocycles. The lowest BCUT2D eigenvalue weighted by Crippen LogP contribution is -2.44.